The number of H-pyrrole nitrogens is 1. The Balaban J connectivity index is 1.87. The lowest BCUT2D eigenvalue weighted by Gasteiger charge is -2.13. The fourth-order valence-electron chi connectivity index (χ4n) is 3.25. The fourth-order valence-corrected chi connectivity index (χ4v) is 3.25. The van der Waals surface area contributed by atoms with Gasteiger partial charge in [0.15, 0.2) is 0 Å². The van der Waals surface area contributed by atoms with Gasteiger partial charge in [0.05, 0.1) is 5.52 Å². The van der Waals surface area contributed by atoms with E-state index in [1.807, 2.05) is 5.32 Å². The van der Waals surface area contributed by atoms with Crippen molar-refractivity contribution in [3.05, 3.63) is 59.4 Å². The van der Waals surface area contributed by atoms with Crippen molar-refractivity contribution in [2.24, 2.45) is 0 Å². The normalized spacial score (nSPS) is 21.5. The summed E-state index contributed by atoms with van der Waals surface area (Å²) in [5, 5.41) is 13.8. The van der Waals surface area contributed by atoms with Gasteiger partial charge in [-0.3, -0.25) is 9.59 Å². The van der Waals surface area contributed by atoms with Gasteiger partial charge in [-0.15, -0.1) is 0 Å². The number of hydrogen-bond acceptors (Lipinski definition) is 3. The van der Waals surface area contributed by atoms with Crippen LogP contribution in [0.25, 0.3) is 22.2 Å². The second kappa shape index (κ2) is 7.83. The molecule has 1 aliphatic heterocycles. The number of rotatable bonds is 5. The van der Waals surface area contributed by atoms with Crippen LogP contribution < -0.4 is 10.6 Å². The summed E-state index contributed by atoms with van der Waals surface area (Å²) in [4.78, 5) is 27.2. The van der Waals surface area contributed by atoms with Gasteiger partial charge in [0, 0.05) is 35.5 Å². The second-order valence-electron chi connectivity index (χ2n) is 6.71. The lowest BCUT2D eigenvalue weighted by Crippen LogP contribution is -2.45. The molecule has 0 saturated carbocycles. The summed E-state index contributed by atoms with van der Waals surface area (Å²) >= 11 is 0. The maximum Gasteiger partial charge on any atom is 0.245 e. The Bertz CT molecular complexity index is 1300. The molecule has 4 rings (SSSR count). The molecule has 156 valence electrons. The first-order valence-corrected chi connectivity index (χ1v) is 8.88. The molecule has 0 bridgehead atoms. The van der Waals surface area contributed by atoms with Crippen LogP contribution in [0.3, 0.4) is 0 Å². The first-order valence-electron chi connectivity index (χ1n) is 10.9. The lowest BCUT2D eigenvalue weighted by molar-refractivity contribution is -0.128. The molecule has 2 heterocycles. The van der Waals surface area contributed by atoms with Crippen molar-refractivity contribution in [3.8, 4) is 11.3 Å². The van der Waals surface area contributed by atoms with Gasteiger partial charge in [-0.05, 0) is 47.8 Å². The molecule has 2 atom stereocenters. The molecule has 1 aliphatic rings. The van der Waals surface area contributed by atoms with Crippen molar-refractivity contribution in [2.75, 3.05) is 6.54 Å². The highest BCUT2D eigenvalue weighted by Gasteiger charge is 2.34. The predicted octanol–water partition coefficient (Wildman–Crippen LogP) is 2.16. The number of aliphatic hydroxyl groups is 1. The first-order chi connectivity index (χ1) is 15.8. The molecular weight excluding hydrogens is 399 g/mol. The van der Waals surface area contributed by atoms with E-state index in [0.29, 0.717) is 6.07 Å². The lowest BCUT2D eigenvalue weighted by atomic mass is 10.0. The topological polar surface area (TPSA) is 94.2 Å². The molecule has 0 unspecified atom stereocenters. The Kier molecular flexibility index (Phi) is 4.05. The van der Waals surface area contributed by atoms with E-state index in [4.69, 9.17) is 5.48 Å². The minimum atomic E-state index is -3.39. The second-order valence-corrected chi connectivity index (χ2v) is 6.71. The summed E-state index contributed by atoms with van der Waals surface area (Å²) in [7, 11) is 0. The number of aliphatic hydroxyl groups excluding tert-OH is 1. The number of aryl methyl sites for hydroxylation is 1. The number of β-amino-alcohol motifs (C(OH)–C–C–N with tert-alkyl or cyclic N) is 1. The Morgan fingerprint density at radius 1 is 1.20 bits per heavy atom. The third kappa shape index (κ3) is 3.76. The highest BCUT2D eigenvalue weighted by Crippen LogP contribution is 2.33. The minimum absolute atomic E-state index is 0.123. The smallest absolute Gasteiger partial charge is 0.245 e. The molecule has 6 nitrogen and oxygen atoms in total. The zero-order chi connectivity index (χ0) is 25.0. The molecule has 0 spiro atoms. The Morgan fingerprint density at radius 2 is 1.93 bits per heavy atom. The number of aromatic amines is 1. The molecule has 4 N–H and O–H groups in total. The van der Waals surface area contributed by atoms with Gasteiger partial charge in [0.25, 0.3) is 0 Å². The zero-order valence-electron chi connectivity index (χ0n) is 19.2. The summed E-state index contributed by atoms with van der Waals surface area (Å²) in [5.74, 6) is -5.11. The van der Waals surface area contributed by atoms with E-state index in [0.717, 1.165) is 18.2 Å². The van der Waals surface area contributed by atoms with Crippen LogP contribution in [0.4, 0.5) is 13.2 Å². The molecule has 1 saturated heterocycles. The van der Waals surface area contributed by atoms with Crippen LogP contribution in [0.1, 0.15) is 17.4 Å². The van der Waals surface area contributed by atoms with Gasteiger partial charge in [-0.2, -0.15) is 0 Å². The van der Waals surface area contributed by atoms with Crippen molar-refractivity contribution in [2.45, 2.75) is 24.9 Å². The van der Waals surface area contributed by atoms with Crippen LogP contribution in [-0.2, 0) is 16.0 Å². The summed E-state index contributed by atoms with van der Waals surface area (Å²) in [6, 6.07) is 4.36. The van der Waals surface area contributed by atoms with Crippen LogP contribution in [0.5, 0.6) is 0 Å². The van der Waals surface area contributed by atoms with Crippen molar-refractivity contribution in [3.63, 3.8) is 0 Å². The average molecular weight is 421 g/mol. The molecule has 9 heteroatoms. The van der Waals surface area contributed by atoms with Gasteiger partial charge in [-0.25, -0.2) is 13.2 Å². The number of halogens is 3. The van der Waals surface area contributed by atoms with Gasteiger partial charge < -0.3 is 20.7 Å². The third-order valence-electron chi connectivity index (χ3n) is 4.70. The van der Waals surface area contributed by atoms with E-state index in [-0.39, 0.29) is 28.7 Å². The Labute approximate surface area is 174 Å². The monoisotopic (exact) mass is 421 g/mol. The number of nitrogens with one attached hydrogen (secondary N) is 3. The molecule has 0 aliphatic carbocycles. The summed E-state index contributed by atoms with van der Waals surface area (Å²) in [5.41, 5.74) is -0.997. The number of fused-ring (bicyclic) bond motifs is 1. The quantitative estimate of drug-likeness (QED) is 0.509. The molecule has 30 heavy (non-hydrogen) atoms. The molecular formula is C21H18F3N3O3. The van der Waals surface area contributed by atoms with Crippen molar-refractivity contribution >= 4 is 22.7 Å². The standard InChI is InChI=1S/C21H18F3N3O3/c22-11-3-1-10(2-4-11)18-13(14-7-12(23)8-15(24)19(14)27-18)5-6-17(29)26-20-16(28)9-25-21(20)30/h1-4,7-8,16,20,27-28H,5-6,9H2,(H,25,30)(H,26,29)/t16-,20+/m1/s1/i5D2,6D2. The molecule has 2 aromatic carbocycles. The van der Waals surface area contributed by atoms with Gasteiger partial charge in [0.2, 0.25) is 11.8 Å². The average Bonchev–Trinajstić information content (AvgIpc) is 3.30. The largest absolute Gasteiger partial charge is 0.389 e. The van der Waals surface area contributed by atoms with E-state index in [1.165, 1.54) is 12.1 Å². The van der Waals surface area contributed by atoms with E-state index in [9.17, 15) is 27.9 Å². The van der Waals surface area contributed by atoms with Crippen molar-refractivity contribution in [1.29, 1.82) is 0 Å². The zero-order valence-corrected chi connectivity index (χ0v) is 15.2. The van der Waals surface area contributed by atoms with Crippen molar-refractivity contribution < 1.29 is 33.3 Å². The van der Waals surface area contributed by atoms with E-state index < -0.39 is 59.7 Å². The van der Waals surface area contributed by atoms with E-state index in [2.05, 4.69) is 10.3 Å². The van der Waals surface area contributed by atoms with Gasteiger partial charge in [-0.1, -0.05) is 0 Å². The Hall–Kier alpha value is -3.33. The van der Waals surface area contributed by atoms with Crippen LogP contribution in [0.2, 0.25) is 0 Å². The highest BCUT2D eigenvalue weighted by molar-refractivity contribution is 5.93. The van der Waals surface area contributed by atoms with Crippen LogP contribution in [-0.4, -0.2) is 40.6 Å². The summed E-state index contributed by atoms with van der Waals surface area (Å²) in [6.07, 6.45) is -7.97. The number of amides is 2. The number of hydrogen-bond donors (Lipinski definition) is 4. The minimum Gasteiger partial charge on any atom is -0.389 e. The molecule has 3 aromatic rings. The summed E-state index contributed by atoms with van der Waals surface area (Å²) in [6.45, 7) is -0.185. The number of carbonyl (C=O) groups is 2. The summed E-state index contributed by atoms with van der Waals surface area (Å²) < 4.78 is 75.8. The maximum atomic E-state index is 14.5. The maximum absolute atomic E-state index is 14.5. The predicted molar refractivity (Wildman–Crippen MR) is 103 cm³/mol. The van der Waals surface area contributed by atoms with Crippen LogP contribution in [0.15, 0.2) is 36.4 Å². The highest BCUT2D eigenvalue weighted by atomic mass is 19.1. The SMILES string of the molecule is [2H]C([2H])(C(=O)N[C@@H]1C(=O)NC[C@H]1O)C([2H])([2H])c1c(-c2ccc(F)cc2)[nH]c2c(F)cc(F)cc12. The molecule has 1 fully saturated rings. The molecule has 2 amide bonds. The van der Waals surface area contributed by atoms with Crippen molar-refractivity contribution in [1.82, 2.24) is 15.6 Å². The molecule has 1 aromatic heterocycles. The molecule has 0 radical (unpaired) electrons. The van der Waals surface area contributed by atoms with Crippen LogP contribution >= 0.6 is 0 Å². The first kappa shape index (κ1) is 15.5. The third-order valence-corrected chi connectivity index (χ3v) is 4.70. The van der Waals surface area contributed by atoms with Gasteiger partial charge >= 0.3 is 0 Å². The van der Waals surface area contributed by atoms with Gasteiger partial charge in [0.1, 0.15) is 29.6 Å². The number of carbonyl (C=O) groups excluding carboxylic acids is 2. The number of aromatic nitrogens is 1. The van der Waals surface area contributed by atoms with Crippen LogP contribution in [0, 0.1) is 17.5 Å². The van der Waals surface area contributed by atoms with E-state index in [1.54, 1.807) is 0 Å². The Morgan fingerprint density at radius 3 is 2.60 bits per heavy atom. The van der Waals surface area contributed by atoms with E-state index >= 15 is 0 Å². The number of benzene rings is 2. The fraction of sp³-hybridized carbons (Fsp3) is 0.238.